The van der Waals surface area contributed by atoms with Crippen LogP contribution in [0.5, 0.6) is 0 Å². The normalized spacial score (nSPS) is 10.0. The van der Waals surface area contributed by atoms with Gasteiger partial charge in [0, 0.05) is 4.47 Å². The monoisotopic (exact) mass is 245 g/mol. The predicted octanol–water partition coefficient (Wildman–Crippen LogP) is 3.67. The zero-order valence-electron chi connectivity index (χ0n) is 7.50. The minimum absolute atomic E-state index is 0.475. The average Bonchev–Trinajstić information content (AvgIpc) is 2.17. The Morgan fingerprint density at radius 2 is 1.86 bits per heavy atom. The third-order valence-electron chi connectivity index (χ3n) is 2.15. The first-order valence-electron chi connectivity index (χ1n) is 4.35. The summed E-state index contributed by atoms with van der Waals surface area (Å²) in [6.07, 6.45) is 0.475. The summed E-state index contributed by atoms with van der Waals surface area (Å²) in [7, 11) is 0. The van der Waals surface area contributed by atoms with Crippen molar-refractivity contribution in [2.24, 2.45) is 0 Å². The average molecular weight is 246 g/mol. The minimum Gasteiger partial charge on any atom is -0.198 e. The molecule has 0 radical (unpaired) electrons. The van der Waals surface area contributed by atoms with Gasteiger partial charge in [0.05, 0.1) is 12.5 Å². The number of nitrogens with zero attached hydrogens (tertiary/aromatic N) is 1. The molecule has 0 unspecified atom stereocenters. The van der Waals surface area contributed by atoms with E-state index in [4.69, 9.17) is 5.26 Å². The molecule has 0 aliphatic carbocycles. The van der Waals surface area contributed by atoms with Gasteiger partial charge in [-0.05, 0) is 28.5 Å². The van der Waals surface area contributed by atoms with E-state index in [0.717, 1.165) is 10.0 Å². The van der Waals surface area contributed by atoms with Gasteiger partial charge >= 0.3 is 0 Å². The lowest BCUT2D eigenvalue weighted by Crippen LogP contribution is -1.81. The number of fused-ring (bicyclic) bond motifs is 1. The molecule has 2 aromatic carbocycles. The van der Waals surface area contributed by atoms with E-state index >= 15 is 0 Å². The van der Waals surface area contributed by atoms with Crippen molar-refractivity contribution in [3.05, 3.63) is 46.4 Å². The molecule has 2 aromatic rings. The number of hydrogen-bond donors (Lipinski definition) is 0. The van der Waals surface area contributed by atoms with Crippen LogP contribution in [0, 0.1) is 11.3 Å². The minimum atomic E-state index is 0.475. The molecule has 0 spiro atoms. The van der Waals surface area contributed by atoms with E-state index in [1.165, 1.54) is 10.8 Å². The molecule has 0 saturated heterocycles. The summed E-state index contributed by atoms with van der Waals surface area (Å²) >= 11 is 3.43. The van der Waals surface area contributed by atoms with E-state index < -0.39 is 0 Å². The largest absolute Gasteiger partial charge is 0.198 e. The maximum absolute atomic E-state index is 8.59. The molecule has 0 aliphatic heterocycles. The Morgan fingerprint density at radius 1 is 1.07 bits per heavy atom. The first-order valence-corrected chi connectivity index (χ1v) is 5.14. The van der Waals surface area contributed by atoms with Gasteiger partial charge in [0.25, 0.3) is 0 Å². The Balaban J connectivity index is 2.59. The molecule has 0 fully saturated rings. The highest BCUT2D eigenvalue weighted by Gasteiger charge is 1.96. The first kappa shape index (κ1) is 9.23. The van der Waals surface area contributed by atoms with E-state index in [1.54, 1.807) is 0 Å². The highest BCUT2D eigenvalue weighted by atomic mass is 79.9. The Hall–Kier alpha value is -1.33. The summed E-state index contributed by atoms with van der Waals surface area (Å²) < 4.78 is 1.07. The number of rotatable bonds is 1. The van der Waals surface area contributed by atoms with Crippen molar-refractivity contribution in [1.29, 1.82) is 5.26 Å². The molecule has 0 aliphatic rings. The molecule has 0 saturated carbocycles. The summed E-state index contributed by atoms with van der Waals surface area (Å²) in [5, 5.41) is 11.0. The van der Waals surface area contributed by atoms with Gasteiger partial charge in [-0.25, -0.2) is 0 Å². The second kappa shape index (κ2) is 3.81. The highest BCUT2D eigenvalue weighted by Crippen LogP contribution is 2.21. The van der Waals surface area contributed by atoms with Crippen LogP contribution in [-0.2, 0) is 6.42 Å². The Morgan fingerprint density at radius 3 is 2.64 bits per heavy atom. The van der Waals surface area contributed by atoms with Gasteiger partial charge in [0.2, 0.25) is 0 Å². The second-order valence-electron chi connectivity index (χ2n) is 3.16. The van der Waals surface area contributed by atoms with Crippen LogP contribution in [-0.4, -0.2) is 0 Å². The maximum Gasteiger partial charge on any atom is 0.0669 e. The fourth-order valence-electron chi connectivity index (χ4n) is 1.47. The molecule has 0 N–H and O–H groups in total. The van der Waals surface area contributed by atoms with Crippen LogP contribution >= 0.6 is 15.9 Å². The lowest BCUT2D eigenvalue weighted by atomic mass is 10.1. The van der Waals surface area contributed by atoms with E-state index in [-0.39, 0.29) is 0 Å². The fourth-order valence-corrected chi connectivity index (χ4v) is 1.85. The van der Waals surface area contributed by atoms with Gasteiger partial charge in [-0.1, -0.05) is 40.2 Å². The zero-order chi connectivity index (χ0) is 9.97. The maximum atomic E-state index is 8.59. The molecule has 1 nitrogen and oxygen atoms in total. The lowest BCUT2D eigenvalue weighted by Gasteiger charge is -2.00. The fraction of sp³-hybridized carbons (Fsp3) is 0.0833. The summed E-state index contributed by atoms with van der Waals surface area (Å²) in [5.41, 5.74) is 1.07. The van der Waals surface area contributed by atoms with E-state index in [1.807, 2.05) is 12.1 Å². The van der Waals surface area contributed by atoms with Crippen LogP contribution < -0.4 is 0 Å². The molecule has 0 heterocycles. The summed E-state index contributed by atoms with van der Waals surface area (Å²) in [4.78, 5) is 0. The van der Waals surface area contributed by atoms with Gasteiger partial charge < -0.3 is 0 Å². The van der Waals surface area contributed by atoms with Gasteiger partial charge in [0.15, 0.2) is 0 Å². The smallest absolute Gasteiger partial charge is 0.0669 e. The first-order chi connectivity index (χ1) is 6.79. The quantitative estimate of drug-likeness (QED) is 0.753. The van der Waals surface area contributed by atoms with Crippen molar-refractivity contribution in [2.75, 3.05) is 0 Å². The van der Waals surface area contributed by atoms with Crippen molar-refractivity contribution >= 4 is 26.7 Å². The molecule has 0 amide bonds. The standard InChI is InChI=1S/C12H8BrN/c13-12-4-3-10-2-1-9(5-6-14)7-11(10)8-12/h1-4,7-8H,5H2. The highest BCUT2D eigenvalue weighted by molar-refractivity contribution is 9.10. The van der Waals surface area contributed by atoms with Gasteiger partial charge in [0.1, 0.15) is 0 Å². The zero-order valence-corrected chi connectivity index (χ0v) is 9.08. The summed E-state index contributed by atoms with van der Waals surface area (Å²) in [6.45, 7) is 0. The van der Waals surface area contributed by atoms with Crippen LogP contribution in [0.2, 0.25) is 0 Å². The van der Waals surface area contributed by atoms with Crippen LogP contribution in [0.4, 0.5) is 0 Å². The third-order valence-corrected chi connectivity index (χ3v) is 2.64. The summed E-state index contributed by atoms with van der Waals surface area (Å²) in [6, 6.07) is 14.4. The van der Waals surface area contributed by atoms with Crippen LogP contribution in [0.25, 0.3) is 10.8 Å². The van der Waals surface area contributed by atoms with E-state index in [9.17, 15) is 0 Å². The Bertz CT molecular complexity index is 511. The van der Waals surface area contributed by atoms with E-state index in [0.29, 0.717) is 6.42 Å². The second-order valence-corrected chi connectivity index (χ2v) is 4.08. The topological polar surface area (TPSA) is 23.8 Å². The van der Waals surface area contributed by atoms with Crippen molar-refractivity contribution in [3.63, 3.8) is 0 Å². The molecule has 2 heteroatoms. The molecule has 0 aromatic heterocycles. The molecule has 68 valence electrons. The molecule has 2 rings (SSSR count). The van der Waals surface area contributed by atoms with Crippen molar-refractivity contribution < 1.29 is 0 Å². The lowest BCUT2D eigenvalue weighted by molar-refractivity contribution is 1.27. The SMILES string of the molecule is N#CCc1ccc2ccc(Br)cc2c1. The predicted molar refractivity (Wildman–Crippen MR) is 61.0 cm³/mol. The van der Waals surface area contributed by atoms with Gasteiger partial charge in [-0.15, -0.1) is 0 Å². The Labute approximate surface area is 91.1 Å². The van der Waals surface area contributed by atoms with E-state index in [2.05, 4.69) is 46.3 Å². The van der Waals surface area contributed by atoms with Crippen molar-refractivity contribution in [1.82, 2.24) is 0 Å². The van der Waals surface area contributed by atoms with Crippen LogP contribution in [0.1, 0.15) is 5.56 Å². The molecule has 14 heavy (non-hydrogen) atoms. The van der Waals surface area contributed by atoms with Crippen molar-refractivity contribution in [3.8, 4) is 6.07 Å². The van der Waals surface area contributed by atoms with Gasteiger partial charge in [-0.2, -0.15) is 5.26 Å². The number of nitriles is 1. The third kappa shape index (κ3) is 1.78. The number of hydrogen-bond acceptors (Lipinski definition) is 1. The summed E-state index contributed by atoms with van der Waals surface area (Å²) in [5.74, 6) is 0. The molecular formula is C12H8BrN. The van der Waals surface area contributed by atoms with Gasteiger partial charge in [-0.3, -0.25) is 0 Å². The molecule has 0 bridgehead atoms. The van der Waals surface area contributed by atoms with Crippen LogP contribution in [0.3, 0.4) is 0 Å². The van der Waals surface area contributed by atoms with Crippen molar-refractivity contribution in [2.45, 2.75) is 6.42 Å². The van der Waals surface area contributed by atoms with Crippen LogP contribution in [0.15, 0.2) is 40.9 Å². The number of halogens is 1. The molecule has 0 atom stereocenters. The molecular weight excluding hydrogens is 238 g/mol. The Kier molecular flexibility index (Phi) is 2.51. The number of benzene rings is 2.